The van der Waals surface area contributed by atoms with Gasteiger partial charge in [-0.05, 0) is 31.2 Å². The van der Waals surface area contributed by atoms with E-state index < -0.39 is 0 Å². The quantitative estimate of drug-likeness (QED) is 0.460. The van der Waals surface area contributed by atoms with Crippen LogP contribution >= 0.6 is 0 Å². The van der Waals surface area contributed by atoms with Crippen molar-refractivity contribution in [3.8, 4) is 0 Å². The van der Waals surface area contributed by atoms with E-state index in [0.29, 0.717) is 11.5 Å². The van der Waals surface area contributed by atoms with E-state index in [9.17, 15) is 4.79 Å². The van der Waals surface area contributed by atoms with Gasteiger partial charge in [0, 0.05) is 5.39 Å². The molecule has 0 aliphatic rings. The van der Waals surface area contributed by atoms with Gasteiger partial charge in [-0.1, -0.05) is 35.5 Å². The van der Waals surface area contributed by atoms with Crippen LogP contribution in [0.25, 0.3) is 22.0 Å². The van der Waals surface area contributed by atoms with E-state index >= 15 is 0 Å². The molecule has 2 aromatic heterocycles. The average molecular weight is 333 g/mol. The number of fused-ring (bicyclic) bond motifs is 2. The van der Waals surface area contributed by atoms with Gasteiger partial charge in [0.1, 0.15) is 23.4 Å². The van der Waals surface area contributed by atoms with Crippen LogP contribution in [0.1, 0.15) is 12.7 Å². The van der Waals surface area contributed by atoms with Gasteiger partial charge in [-0.25, -0.2) is 10.1 Å². The lowest BCUT2D eigenvalue weighted by Gasteiger charge is -2.02. The fraction of sp³-hybridized carbons (Fsp3) is 0.111. The molecule has 25 heavy (non-hydrogen) atoms. The molecule has 0 aliphatic heterocycles. The molecule has 7 heteroatoms. The first-order valence-corrected chi connectivity index (χ1v) is 7.81. The zero-order chi connectivity index (χ0) is 17.2. The van der Waals surface area contributed by atoms with Crippen LogP contribution in [0.2, 0.25) is 0 Å². The van der Waals surface area contributed by atoms with Crippen LogP contribution in [0.5, 0.6) is 0 Å². The van der Waals surface area contributed by atoms with E-state index in [1.54, 1.807) is 6.92 Å². The second-order valence-electron chi connectivity index (χ2n) is 5.62. The van der Waals surface area contributed by atoms with Gasteiger partial charge in [0.05, 0.1) is 5.52 Å². The molecule has 4 aromatic rings. The molecule has 0 saturated carbocycles. The number of para-hydroxylation sites is 2. The van der Waals surface area contributed by atoms with Crippen molar-refractivity contribution in [1.82, 2.24) is 20.4 Å². The molecule has 0 bridgehead atoms. The first kappa shape index (κ1) is 15.1. The zero-order valence-corrected chi connectivity index (χ0v) is 13.5. The molecule has 0 unspecified atom stereocenters. The Kier molecular flexibility index (Phi) is 3.74. The second kappa shape index (κ2) is 6.20. The summed E-state index contributed by atoms with van der Waals surface area (Å²) in [5.41, 5.74) is 5.45. The number of hydrogen-bond acceptors (Lipinski definition) is 5. The normalized spacial score (nSPS) is 12.0. The number of furan rings is 1. The number of aromatic nitrogens is 3. The van der Waals surface area contributed by atoms with E-state index in [1.165, 1.54) is 4.68 Å². The standard InChI is InChI=1S/C18H15N5O2/c1-12(17-10-13-6-2-5-9-16(13)25-17)19-21-18(24)11-23-15-8-4-3-7-14(15)20-22-23/h2-10H,11H2,1H3,(H,21,24)/b19-12+. The van der Waals surface area contributed by atoms with Gasteiger partial charge in [0.25, 0.3) is 5.91 Å². The Balaban J connectivity index is 1.47. The number of nitrogens with one attached hydrogen (secondary N) is 1. The summed E-state index contributed by atoms with van der Waals surface area (Å²) < 4.78 is 7.25. The minimum absolute atomic E-state index is 0.0391. The summed E-state index contributed by atoms with van der Waals surface area (Å²) in [6.07, 6.45) is 0. The Bertz CT molecular complexity index is 1060. The van der Waals surface area contributed by atoms with Gasteiger partial charge in [0.2, 0.25) is 0 Å². The van der Waals surface area contributed by atoms with E-state index in [1.807, 2.05) is 54.6 Å². The Hall–Kier alpha value is -3.48. The van der Waals surface area contributed by atoms with E-state index in [4.69, 9.17) is 4.42 Å². The first-order valence-electron chi connectivity index (χ1n) is 7.81. The summed E-state index contributed by atoms with van der Waals surface area (Å²) in [5.74, 6) is 0.332. The molecule has 0 aliphatic carbocycles. The highest BCUT2D eigenvalue weighted by molar-refractivity contribution is 6.00. The second-order valence-corrected chi connectivity index (χ2v) is 5.62. The molecule has 1 N–H and O–H groups in total. The molecule has 0 spiro atoms. The summed E-state index contributed by atoms with van der Waals surface area (Å²) >= 11 is 0. The Morgan fingerprint density at radius 3 is 2.88 bits per heavy atom. The average Bonchev–Trinajstić information content (AvgIpc) is 3.24. The predicted octanol–water partition coefficient (Wildman–Crippen LogP) is 2.72. The highest BCUT2D eigenvalue weighted by Gasteiger charge is 2.09. The summed E-state index contributed by atoms with van der Waals surface area (Å²) in [6, 6.07) is 17.1. The molecule has 0 saturated heterocycles. The maximum Gasteiger partial charge on any atom is 0.261 e. The third-order valence-electron chi connectivity index (χ3n) is 3.84. The molecule has 0 radical (unpaired) electrons. The Labute approximate surface area is 142 Å². The number of rotatable bonds is 4. The van der Waals surface area contributed by atoms with Gasteiger partial charge in [-0.15, -0.1) is 5.10 Å². The molecule has 1 amide bonds. The maximum atomic E-state index is 12.1. The third-order valence-corrected chi connectivity index (χ3v) is 3.84. The lowest BCUT2D eigenvalue weighted by Crippen LogP contribution is -2.24. The molecule has 2 heterocycles. The van der Waals surface area contributed by atoms with Gasteiger partial charge in [0.15, 0.2) is 5.76 Å². The number of amides is 1. The van der Waals surface area contributed by atoms with E-state index in [2.05, 4.69) is 20.8 Å². The van der Waals surface area contributed by atoms with Crippen molar-refractivity contribution in [3.63, 3.8) is 0 Å². The monoisotopic (exact) mass is 333 g/mol. The zero-order valence-electron chi connectivity index (χ0n) is 13.5. The number of nitrogens with zero attached hydrogens (tertiary/aromatic N) is 4. The number of hydrazone groups is 1. The van der Waals surface area contributed by atoms with Gasteiger partial charge >= 0.3 is 0 Å². The molecular formula is C18H15N5O2. The number of carbonyl (C=O) groups excluding carboxylic acids is 1. The fourth-order valence-electron chi connectivity index (χ4n) is 2.57. The van der Waals surface area contributed by atoms with Crippen molar-refractivity contribution < 1.29 is 9.21 Å². The summed E-state index contributed by atoms with van der Waals surface area (Å²) in [7, 11) is 0. The van der Waals surface area contributed by atoms with E-state index in [-0.39, 0.29) is 12.5 Å². The van der Waals surface area contributed by atoms with Gasteiger partial charge in [-0.2, -0.15) is 5.10 Å². The highest BCUT2D eigenvalue weighted by Crippen LogP contribution is 2.19. The van der Waals surface area contributed by atoms with Crippen molar-refractivity contribution in [1.29, 1.82) is 0 Å². The minimum atomic E-state index is -0.286. The van der Waals surface area contributed by atoms with Crippen molar-refractivity contribution in [3.05, 3.63) is 60.4 Å². The number of benzene rings is 2. The SMILES string of the molecule is C/C(=N\NC(=O)Cn1nnc2ccccc21)c1cc2ccccc2o1. The molecule has 0 fully saturated rings. The van der Waals surface area contributed by atoms with Crippen LogP contribution in [-0.2, 0) is 11.3 Å². The summed E-state index contributed by atoms with van der Waals surface area (Å²) in [6.45, 7) is 1.82. The van der Waals surface area contributed by atoms with Crippen molar-refractivity contribution in [2.45, 2.75) is 13.5 Å². The summed E-state index contributed by atoms with van der Waals surface area (Å²) in [4.78, 5) is 12.1. The van der Waals surface area contributed by atoms with Crippen molar-refractivity contribution >= 4 is 33.6 Å². The third kappa shape index (κ3) is 2.99. The molecule has 7 nitrogen and oxygen atoms in total. The fourth-order valence-corrected chi connectivity index (χ4v) is 2.57. The predicted molar refractivity (Wildman–Crippen MR) is 94.1 cm³/mol. The number of hydrogen-bond donors (Lipinski definition) is 1. The highest BCUT2D eigenvalue weighted by atomic mass is 16.3. The van der Waals surface area contributed by atoms with Crippen LogP contribution < -0.4 is 5.43 Å². The van der Waals surface area contributed by atoms with Crippen LogP contribution in [0.15, 0.2) is 64.1 Å². The number of carbonyl (C=O) groups is 1. The molecule has 0 atom stereocenters. The molecular weight excluding hydrogens is 318 g/mol. The Morgan fingerprint density at radius 2 is 2.00 bits per heavy atom. The lowest BCUT2D eigenvalue weighted by atomic mass is 10.2. The van der Waals surface area contributed by atoms with Crippen molar-refractivity contribution in [2.75, 3.05) is 0 Å². The molecule has 4 rings (SSSR count). The molecule has 2 aromatic carbocycles. The minimum Gasteiger partial charge on any atom is -0.455 e. The van der Waals surface area contributed by atoms with Crippen molar-refractivity contribution in [2.24, 2.45) is 5.10 Å². The van der Waals surface area contributed by atoms with Crippen LogP contribution in [-0.4, -0.2) is 26.6 Å². The smallest absolute Gasteiger partial charge is 0.261 e. The van der Waals surface area contributed by atoms with Crippen LogP contribution in [0.3, 0.4) is 0 Å². The van der Waals surface area contributed by atoms with Crippen LogP contribution in [0.4, 0.5) is 0 Å². The summed E-state index contributed by atoms with van der Waals surface area (Å²) in [5, 5.41) is 13.1. The Morgan fingerprint density at radius 1 is 1.20 bits per heavy atom. The van der Waals surface area contributed by atoms with Crippen LogP contribution in [0, 0.1) is 0 Å². The largest absolute Gasteiger partial charge is 0.455 e. The molecule has 124 valence electrons. The van der Waals surface area contributed by atoms with E-state index in [0.717, 1.165) is 22.0 Å². The maximum absolute atomic E-state index is 12.1. The van der Waals surface area contributed by atoms with Gasteiger partial charge in [-0.3, -0.25) is 4.79 Å². The lowest BCUT2D eigenvalue weighted by molar-refractivity contribution is -0.121. The van der Waals surface area contributed by atoms with Gasteiger partial charge < -0.3 is 4.42 Å². The topological polar surface area (TPSA) is 85.3 Å². The first-order chi connectivity index (χ1) is 12.2.